The molecule has 0 amide bonds. The summed E-state index contributed by atoms with van der Waals surface area (Å²) in [4.78, 5) is 21.7. The van der Waals surface area contributed by atoms with Crippen molar-refractivity contribution in [2.24, 2.45) is 0 Å². The summed E-state index contributed by atoms with van der Waals surface area (Å²) in [6.45, 7) is 3.01. The molecule has 0 radical (unpaired) electrons. The van der Waals surface area contributed by atoms with Crippen molar-refractivity contribution in [1.29, 1.82) is 0 Å². The SMILES string of the molecule is CCn1c(SCc2ccc(OCc3ccccn3)cc2)nc2ccccc2c1=O. The third kappa shape index (κ3) is 4.49. The summed E-state index contributed by atoms with van der Waals surface area (Å²) in [5, 5.41) is 1.40. The first-order valence-corrected chi connectivity index (χ1v) is 10.5. The van der Waals surface area contributed by atoms with Crippen molar-refractivity contribution in [1.82, 2.24) is 14.5 Å². The smallest absolute Gasteiger partial charge is 0.262 e. The molecule has 4 rings (SSSR count). The quantitative estimate of drug-likeness (QED) is 0.331. The van der Waals surface area contributed by atoms with Crippen LogP contribution in [-0.2, 0) is 18.9 Å². The van der Waals surface area contributed by atoms with E-state index in [1.54, 1.807) is 22.5 Å². The van der Waals surface area contributed by atoms with Crippen molar-refractivity contribution in [3.8, 4) is 5.75 Å². The summed E-state index contributed by atoms with van der Waals surface area (Å²) >= 11 is 1.57. The van der Waals surface area contributed by atoms with Crippen LogP contribution in [0.5, 0.6) is 5.75 Å². The fourth-order valence-electron chi connectivity index (χ4n) is 3.01. The Kier molecular flexibility index (Phi) is 5.91. The Labute approximate surface area is 173 Å². The summed E-state index contributed by atoms with van der Waals surface area (Å²) in [6.07, 6.45) is 1.76. The van der Waals surface area contributed by atoms with Gasteiger partial charge in [-0.25, -0.2) is 4.98 Å². The lowest BCUT2D eigenvalue weighted by molar-refractivity contribution is 0.301. The Morgan fingerprint density at radius 1 is 1.00 bits per heavy atom. The van der Waals surface area contributed by atoms with Crippen LogP contribution in [0.25, 0.3) is 10.9 Å². The van der Waals surface area contributed by atoms with Crippen LogP contribution in [0.4, 0.5) is 0 Å². The zero-order valence-corrected chi connectivity index (χ0v) is 16.9. The van der Waals surface area contributed by atoms with E-state index in [0.29, 0.717) is 18.5 Å². The maximum atomic E-state index is 12.7. The van der Waals surface area contributed by atoms with Gasteiger partial charge < -0.3 is 4.74 Å². The third-order valence-electron chi connectivity index (χ3n) is 4.55. The van der Waals surface area contributed by atoms with E-state index in [9.17, 15) is 4.79 Å². The number of aromatic nitrogens is 3. The molecule has 0 spiro atoms. The molecule has 2 aromatic heterocycles. The minimum atomic E-state index is 0.0128. The normalized spacial score (nSPS) is 10.9. The number of benzene rings is 2. The molecule has 0 aliphatic carbocycles. The Hall–Kier alpha value is -3.12. The fraction of sp³-hybridized carbons (Fsp3) is 0.174. The number of rotatable bonds is 7. The number of para-hydroxylation sites is 1. The predicted molar refractivity (Wildman–Crippen MR) is 116 cm³/mol. The second-order valence-corrected chi connectivity index (χ2v) is 7.45. The van der Waals surface area contributed by atoms with Gasteiger partial charge in [0.25, 0.3) is 5.56 Å². The summed E-state index contributed by atoms with van der Waals surface area (Å²) < 4.78 is 7.52. The molecular formula is C23H21N3O2S. The summed E-state index contributed by atoms with van der Waals surface area (Å²) in [6, 6.07) is 21.3. The van der Waals surface area contributed by atoms with Gasteiger partial charge in [0, 0.05) is 18.5 Å². The molecule has 0 fully saturated rings. The second kappa shape index (κ2) is 8.92. The van der Waals surface area contributed by atoms with E-state index in [1.807, 2.05) is 73.7 Å². The lowest BCUT2D eigenvalue weighted by Crippen LogP contribution is -2.22. The highest BCUT2D eigenvalue weighted by Gasteiger charge is 2.10. The van der Waals surface area contributed by atoms with Crippen LogP contribution in [-0.4, -0.2) is 14.5 Å². The largest absolute Gasteiger partial charge is 0.487 e. The molecule has 0 saturated heterocycles. The number of thioether (sulfide) groups is 1. The number of hydrogen-bond acceptors (Lipinski definition) is 5. The van der Waals surface area contributed by atoms with Gasteiger partial charge in [0.1, 0.15) is 12.4 Å². The zero-order valence-electron chi connectivity index (χ0n) is 16.1. The van der Waals surface area contributed by atoms with Crippen molar-refractivity contribution >= 4 is 22.7 Å². The van der Waals surface area contributed by atoms with Gasteiger partial charge in [-0.2, -0.15) is 0 Å². The lowest BCUT2D eigenvalue weighted by atomic mass is 10.2. The Morgan fingerprint density at radius 2 is 1.79 bits per heavy atom. The topological polar surface area (TPSA) is 57.0 Å². The average Bonchev–Trinajstić information content (AvgIpc) is 2.78. The van der Waals surface area contributed by atoms with Crippen LogP contribution < -0.4 is 10.3 Å². The minimum Gasteiger partial charge on any atom is -0.487 e. The van der Waals surface area contributed by atoms with Gasteiger partial charge in [-0.3, -0.25) is 14.3 Å². The van der Waals surface area contributed by atoms with Gasteiger partial charge in [0.05, 0.1) is 16.6 Å². The minimum absolute atomic E-state index is 0.0128. The summed E-state index contributed by atoms with van der Waals surface area (Å²) in [5.41, 5.74) is 2.79. The molecule has 146 valence electrons. The van der Waals surface area contributed by atoms with Gasteiger partial charge in [0.15, 0.2) is 5.16 Å². The van der Waals surface area contributed by atoms with Gasteiger partial charge in [-0.05, 0) is 48.9 Å². The van der Waals surface area contributed by atoms with Crippen molar-refractivity contribution < 1.29 is 4.74 Å². The molecule has 0 aliphatic heterocycles. The maximum Gasteiger partial charge on any atom is 0.262 e. The Balaban J connectivity index is 1.44. The van der Waals surface area contributed by atoms with Crippen molar-refractivity contribution in [2.75, 3.05) is 0 Å². The standard InChI is InChI=1S/C23H21N3O2S/c1-2-26-22(27)20-8-3-4-9-21(20)25-23(26)29-16-17-10-12-19(13-11-17)28-15-18-7-5-6-14-24-18/h3-14H,2,15-16H2,1H3. The van der Waals surface area contributed by atoms with E-state index >= 15 is 0 Å². The molecular weight excluding hydrogens is 382 g/mol. The second-order valence-electron chi connectivity index (χ2n) is 6.50. The number of fused-ring (bicyclic) bond motifs is 1. The molecule has 5 nitrogen and oxygen atoms in total. The van der Waals surface area contributed by atoms with Crippen molar-refractivity contribution in [3.05, 3.63) is 94.5 Å². The van der Waals surface area contributed by atoms with Gasteiger partial charge in [-0.15, -0.1) is 0 Å². The first-order chi connectivity index (χ1) is 14.2. The highest BCUT2D eigenvalue weighted by molar-refractivity contribution is 7.98. The van der Waals surface area contributed by atoms with Crippen LogP contribution in [0, 0.1) is 0 Å². The van der Waals surface area contributed by atoms with E-state index in [1.165, 1.54) is 0 Å². The van der Waals surface area contributed by atoms with E-state index < -0.39 is 0 Å². The Morgan fingerprint density at radius 3 is 2.55 bits per heavy atom. The molecule has 29 heavy (non-hydrogen) atoms. The fourth-order valence-corrected chi connectivity index (χ4v) is 4.03. The first kappa shape index (κ1) is 19.2. The monoisotopic (exact) mass is 403 g/mol. The first-order valence-electron chi connectivity index (χ1n) is 9.48. The summed E-state index contributed by atoms with van der Waals surface area (Å²) in [7, 11) is 0. The molecule has 0 aliphatic rings. The number of pyridine rings is 1. The number of hydrogen-bond donors (Lipinski definition) is 0. The number of nitrogens with zero attached hydrogens (tertiary/aromatic N) is 3. The van der Waals surface area contributed by atoms with Crippen LogP contribution in [0.2, 0.25) is 0 Å². The van der Waals surface area contributed by atoms with Crippen LogP contribution >= 0.6 is 11.8 Å². The van der Waals surface area contributed by atoms with E-state index in [2.05, 4.69) is 4.98 Å². The number of ether oxygens (including phenoxy) is 1. The van der Waals surface area contributed by atoms with E-state index in [0.717, 1.165) is 33.4 Å². The van der Waals surface area contributed by atoms with Crippen molar-refractivity contribution in [3.63, 3.8) is 0 Å². The highest BCUT2D eigenvalue weighted by atomic mass is 32.2. The molecule has 0 atom stereocenters. The molecule has 0 bridgehead atoms. The zero-order chi connectivity index (χ0) is 20.1. The maximum absolute atomic E-state index is 12.7. The lowest BCUT2D eigenvalue weighted by Gasteiger charge is -2.11. The molecule has 0 saturated carbocycles. The molecule has 0 N–H and O–H groups in total. The van der Waals surface area contributed by atoms with Crippen LogP contribution in [0.1, 0.15) is 18.2 Å². The summed E-state index contributed by atoms with van der Waals surface area (Å²) in [5.74, 6) is 1.53. The molecule has 6 heteroatoms. The highest BCUT2D eigenvalue weighted by Crippen LogP contribution is 2.23. The van der Waals surface area contributed by atoms with Crippen LogP contribution in [0.15, 0.2) is 82.9 Å². The average molecular weight is 404 g/mol. The van der Waals surface area contributed by atoms with Crippen molar-refractivity contribution in [2.45, 2.75) is 31.0 Å². The molecule has 2 aromatic carbocycles. The van der Waals surface area contributed by atoms with E-state index in [-0.39, 0.29) is 5.56 Å². The molecule has 0 unspecified atom stereocenters. The third-order valence-corrected chi connectivity index (χ3v) is 5.59. The molecule has 2 heterocycles. The van der Waals surface area contributed by atoms with Gasteiger partial charge >= 0.3 is 0 Å². The van der Waals surface area contributed by atoms with Gasteiger partial charge in [0.2, 0.25) is 0 Å². The molecule has 4 aromatic rings. The van der Waals surface area contributed by atoms with E-state index in [4.69, 9.17) is 9.72 Å². The van der Waals surface area contributed by atoms with Crippen LogP contribution in [0.3, 0.4) is 0 Å². The Bertz CT molecular complexity index is 1160. The predicted octanol–water partition coefficient (Wildman–Crippen LogP) is 4.68. The van der Waals surface area contributed by atoms with Gasteiger partial charge in [-0.1, -0.05) is 42.1 Å².